The zero-order valence-corrected chi connectivity index (χ0v) is 42.4. The average molecular weight is 1220 g/mol. The number of aliphatic carboxylic acids is 2. The van der Waals surface area contributed by atoms with Gasteiger partial charge in [-0.3, -0.25) is 27.6 Å². The number of rotatable bonds is 21. The molecule has 1 saturated carbocycles. The molecular weight excluding hydrogens is 1160 g/mol. The van der Waals surface area contributed by atoms with E-state index in [1.54, 1.807) is 0 Å². The Morgan fingerprint density at radius 3 is 1.38 bits per heavy atom. The number of ether oxygens (including phenoxy) is 7. The maximum Gasteiger partial charge on any atom is 0.397 e. The first-order valence-electron chi connectivity index (χ1n) is 21.5. The van der Waals surface area contributed by atoms with E-state index in [9.17, 15) is 116 Å². The van der Waals surface area contributed by atoms with Crippen molar-refractivity contribution in [2.24, 2.45) is 0 Å². The molecule has 4 heterocycles. The number of nitrogens with one attached hydrogen (secondary N) is 2. The summed E-state index contributed by atoms with van der Waals surface area (Å²) in [5, 5.41) is 86.0. The van der Waals surface area contributed by atoms with Crippen molar-refractivity contribution in [3.63, 3.8) is 0 Å². The molecule has 4 aliphatic heterocycles. The Morgan fingerprint density at radius 2 is 0.947 bits per heavy atom. The molecule has 444 valence electrons. The average Bonchev–Trinajstić information content (AvgIpc) is 3.27. The van der Waals surface area contributed by atoms with Crippen molar-refractivity contribution >= 4 is 69.7 Å². The minimum absolute atomic E-state index is 0.840. The van der Waals surface area contributed by atoms with Crippen molar-refractivity contribution in [2.45, 2.75) is 168 Å². The van der Waals surface area contributed by atoms with E-state index in [1.807, 2.05) is 5.32 Å². The van der Waals surface area contributed by atoms with Crippen LogP contribution >= 0.6 is 0 Å². The van der Waals surface area contributed by atoms with Crippen LogP contribution in [0.4, 0.5) is 0 Å². The summed E-state index contributed by atoms with van der Waals surface area (Å²) in [6.07, 6.45) is -40.1. The molecule has 44 heteroatoms. The third kappa shape index (κ3) is 19.2. The number of aliphatic hydroxyl groups is 6. The molecule has 1 amide bonds. The molecule has 0 radical (unpaired) electrons. The highest BCUT2D eigenvalue weighted by atomic mass is 32.3. The molecule has 0 aromatic heterocycles. The van der Waals surface area contributed by atoms with E-state index in [2.05, 4.69) is 16.7 Å². The molecule has 76 heavy (non-hydrogen) atoms. The fourth-order valence-corrected chi connectivity index (χ4v) is 10.5. The van der Waals surface area contributed by atoms with Crippen LogP contribution in [0.3, 0.4) is 0 Å². The standard InChI is InChI=1S/C26H42N2O37S5.C6H12/c1-4(30)27-7-9(31)13(6(56-23(7)39)3-55-67(43,44)45)58-26-19(65-70(52,53)54)12(34)16(20(62-26)22(37)38)60-24-8(28-66(40,41)42)15(63-68(46,47)48)14(5(2-29)57-24)59-25-18(64-69(49,50)51)11(33)10(32)17(61-25)21(35)36;1-2-4-6-5-3-1/h5-20,23-26,28-29,31-34,39H,2-3H2,1H3,(H,27,30)(H,35,36)(H,37,38)(H,40,41,42)(H,43,44,45)(H,46,47,48)(H,49,50,51)(H,52,53,54);1-6H2/t5-,6+,7-,8-,9-,10-,11-,12+,13-,14-,15-,16+,17-,18+,19-,20+,23-,24+,25+,26-;/m1./s1. The van der Waals surface area contributed by atoms with Crippen molar-refractivity contribution < 1.29 is 170 Å². The predicted octanol–water partition coefficient (Wildman–Crippen LogP) is -8.37. The van der Waals surface area contributed by atoms with Gasteiger partial charge in [0.05, 0.1) is 13.2 Å². The quantitative estimate of drug-likeness (QED) is 0.0475. The minimum atomic E-state index is -6.09. The zero-order valence-electron chi connectivity index (χ0n) is 38.4. The second-order valence-corrected chi connectivity index (χ2v) is 22.1. The van der Waals surface area contributed by atoms with Gasteiger partial charge in [0, 0.05) is 6.92 Å². The third-order valence-electron chi connectivity index (χ3n) is 11.2. The van der Waals surface area contributed by atoms with Crippen molar-refractivity contribution in [3.05, 3.63) is 0 Å². The van der Waals surface area contributed by atoms with Crippen LogP contribution < -0.4 is 10.0 Å². The Labute approximate surface area is 429 Å². The Kier molecular flexibility index (Phi) is 23.1. The molecule has 5 rings (SSSR count). The molecule has 0 spiro atoms. The Hall–Kier alpha value is -2.76. The summed E-state index contributed by atoms with van der Waals surface area (Å²) < 4.78 is 222. The summed E-state index contributed by atoms with van der Waals surface area (Å²) in [4.78, 5) is 36.4. The van der Waals surface area contributed by atoms with Gasteiger partial charge in [0.25, 0.3) is 0 Å². The van der Waals surface area contributed by atoms with Crippen LogP contribution in [0.2, 0.25) is 0 Å². The normalized spacial score (nSPS) is 38.0. The van der Waals surface area contributed by atoms with Gasteiger partial charge in [0.2, 0.25) is 5.91 Å². The highest BCUT2D eigenvalue weighted by Gasteiger charge is 2.60. The fourth-order valence-electron chi connectivity index (χ4n) is 8.11. The van der Waals surface area contributed by atoms with Crippen molar-refractivity contribution in [1.29, 1.82) is 0 Å². The topological polar surface area (TPSA) is 610 Å². The Balaban J connectivity index is 0.00000194. The first-order valence-corrected chi connectivity index (χ1v) is 28.4. The van der Waals surface area contributed by atoms with E-state index in [4.69, 9.17) is 37.7 Å². The lowest BCUT2D eigenvalue weighted by Gasteiger charge is -2.50. The maximum absolute atomic E-state index is 12.7. The molecule has 5 fully saturated rings. The second kappa shape index (κ2) is 26.7. The van der Waals surface area contributed by atoms with E-state index in [-0.39, 0.29) is 0 Å². The molecule has 5 aliphatic rings. The summed E-state index contributed by atoms with van der Waals surface area (Å²) in [6, 6.07) is -4.96. The van der Waals surface area contributed by atoms with Crippen LogP contribution in [0, 0.1) is 0 Å². The molecule has 0 aromatic rings. The van der Waals surface area contributed by atoms with Crippen LogP contribution in [0.5, 0.6) is 0 Å². The number of amides is 1. The van der Waals surface area contributed by atoms with Crippen LogP contribution in [-0.2, 0) is 116 Å². The lowest BCUT2D eigenvalue weighted by Crippen LogP contribution is -2.71. The van der Waals surface area contributed by atoms with Crippen LogP contribution in [0.15, 0.2) is 0 Å². The van der Waals surface area contributed by atoms with Crippen molar-refractivity contribution in [2.75, 3.05) is 13.2 Å². The van der Waals surface area contributed by atoms with Gasteiger partial charge in [-0.15, -0.1) is 0 Å². The molecule has 0 bridgehead atoms. The monoisotopic (exact) mass is 1220 g/mol. The highest BCUT2D eigenvalue weighted by Crippen LogP contribution is 2.37. The largest absolute Gasteiger partial charge is 0.479 e. The lowest BCUT2D eigenvalue weighted by atomic mass is 9.94. The minimum Gasteiger partial charge on any atom is -0.479 e. The Morgan fingerprint density at radius 1 is 0.500 bits per heavy atom. The fraction of sp³-hybridized carbons (Fsp3) is 0.906. The van der Waals surface area contributed by atoms with Gasteiger partial charge in [-0.1, -0.05) is 38.5 Å². The molecule has 39 nitrogen and oxygen atoms in total. The van der Waals surface area contributed by atoms with Gasteiger partial charge in [-0.05, 0) is 0 Å². The predicted molar refractivity (Wildman–Crippen MR) is 228 cm³/mol. The van der Waals surface area contributed by atoms with Crippen LogP contribution in [0.25, 0.3) is 0 Å². The number of aliphatic hydroxyl groups excluding tert-OH is 6. The van der Waals surface area contributed by atoms with Gasteiger partial charge >= 0.3 is 63.8 Å². The first-order chi connectivity index (χ1) is 34.8. The maximum atomic E-state index is 12.7. The Bertz CT molecular complexity index is 2540. The summed E-state index contributed by atoms with van der Waals surface area (Å²) >= 11 is 0. The van der Waals surface area contributed by atoms with E-state index in [0.29, 0.717) is 0 Å². The number of hydrogen-bond acceptors (Lipinski definition) is 30. The summed E-state index contributed by atoms with van der Waals surface area (Å²) in [7, 11) is -29.1. The third-order valence-corrected chi connectivity index (χ3v) is 13.6. The number of carboxylic acid groups (broad SMARTS) is 2. The SMILES string of the molecule is C1CCCCC1.CC(=O)N[C@@H]1[C@@H](O)[C@H](O[C@@H]2O[C@H](C(=O)O)[C@@H](O[C@@H]3O[C@H](CO)[C@@H](O[C@H]4O[C@@H](C(=O)O)[C@H](O)[C@@H](O)[C@@H]4OS(=O)(=O)O)[C@H](OS(=O)(=O)O)[C@H]3NS(=O)(=O)O)[C@H](O)[C@H]2OS(=O)(=O)O)[C@H](COS(=O)(=O)O)O[C@H]1O. The smallest absolute Gasteiger partial charge is 0.397 e. The van der Waals surface area contributed by atoms with E-state index in [1.165, 1.54) is 43.2 Å². The molecule has 4 saturated heterocycles. The van der Waals surface area contributed by atoms with Gasteiger partial charge in [-0.25, -0.2) is 26.3 Å². The zero-order chi connectivity index (χ0) is 57.6. The molecular formula is C32H54N2O37S5. The van der Waals surface area contributed by atoms with Gasteiger partial charge in [0.1, 0.15) is 73.1 Å². The number of carboxylic acids is 2. The number of carbonyl (C=O) groups excluding carboxylic acids is 1. The van der Waals surface area contributed by atoms with Crippen LogP contribution in [-0.4, -0.2) is 259 Å². The highest BCUT2D eigenvalue weighted by molar-refractivity contribution is 7.83. The van der Waals surface area contributed by atoms with Crippen molar-refractivity contribution in [3.8, 4) is 0 Å². The summed E-state index contributed by atoms with van der Waals surface area (Å²) in [5.41, 5.74) is 0. The first kappa shape index (κ1) is 65.8. The van der Waals surface area contributed by atoms with Gasteiger partial charge in [-0.2, -0.15) is 46.8 Å². The second-order valence-electron chi connectivity index (χ2n) is 16.7. The van der Waals surface area contributed by atoms with Crippen LogP contribution in [0.1, 0.15) is 45.4 Å². The lowest BCUT2D eigenvalue weighted by molar-refractivity contribution is -0.366. The van der Waals surface area contributed by atoms with E-state index >= 15 is 0 Å². The molecule has 1 aliphatic carbocycles. The number of hydrogen-bond donors (Lipinski definition) is 15. The summed E-state index contributed by atoms with van der Waals surface area (Å²) in [5.74, 6) is -5.49. The molecule has 0 aromatic carbocycles. The van der Waals surface area contributed by atoms with E-state index < -0.39 is 206 Å². The van der Waals surface area contributed by atoms with E-state index in [0.717, 1.165) is 6.92 Å². The van der Waals surface area contributed by atoms with Gasteiger partial charge in [0.15, 0.2) is 49.6 Å². The molecule has 20 atom stereocenters. The van der Waals surface area contributed by atoms with Crippen molar-refractivity contribution in [1.82, 2.24) is 10.0 Å². The van der Waals surface area contributed by atoms with Gasteiger partial charge < -0.3 is 79.3 Å². The molecule has 15 N–H and O–H groups in total. The molecule has 0 unspecified atom stereocenters. The summed E-state index contributed by atoms with van der Waals surface area (Å²) in [6.45, 7) is -2.24. The number of carbonyl (C=O) groups is 3.